The zero-order chi connectivity index (χ0) is 11.4. The van der Waals surface area contributed by atoms with Crippen molar-refractivity contribution < 1.29 is 4.84 Å². The third-order valence-electron chi connectivity index (χ3n) is 1.87. The molecule has 6 heteroatoms. The number of aryl methyl sites for hydroxylation is 1. The van der Waals surface area contributed by atoms with E-state index < -0.39 is 5.69 Å². The Morgan fingerprint density at radius 3 is 2.73 bits per heavy atom. The third kappa shape index (κ3) is 3.34. The summed E-state index contributed by atoms with van der Waals surface area (Å²) in [6.07, 6.45) is 1.53. The van der Waals surface area contributed by atoms with Crippen molar-refractivity contribution in [2.75, 3.05) is 20.7 Å². The third-order valence-corrected chi connectivity index (χ3v) is 1.87. The van der Waals surface area contributed by atoms with Crippen LogP contribution in [0.3, 0.4) is 0 Å². The predicted molar refractivity (Wildman–Crippen MR) is 55.7 cm³/mol. The van der Waals surface area contributed by atoms with Crippen LogP contribution in [0.25, 0.3) is 0 Å². The molecule has 0 unspecified atom stereocenters. The van der Waals surface area contributed by atoms with Crippen molar-refractivity contribution >= 4 is 0 Å². The van der Waals surface area contributed by atoms with Crippen molar-refractivity contribution in [3.63, 3.8) is 0 Å². The van der Waals surface area contributed by atoms with E-state index in [1.807, 2.05) is 0 Å². The van der Waals surface area contributed by atoms with Gasteiger partial charge >= 0.3 is 5.69 Å². The fourth-order valence-corrected chi connectivity index (χ4v) is 1.11. The van der Waals surface area contributed by atoms with Crippen LogP contribution in [0.4, 0.5) is 0 Å². The van der Waals surface area contributed by atoms with E-state index >= 15 is 0 Å². The molecule has 1 aromatic heterocycles. The van der Waals surface area contributed by atoms with Gasteiger partial charge in [0.15, 0.2) is 0 Å². The van der Waals surface area contributed by atoms with Gasteiger partial charge in [-0.15, -0.1) is 0 Å². The summed E-state index contributed by atoms with van der Waals surface area (Å²) in [7, 11) is 3.53. The van der Waals surface area contributed by atoms with E-state index in [-0.39, 0.29) is 5.56 Å². The summed E-state index contributed by atoms with van der Waals surface area (Å²) in [5, 5.41) is 1.56. The number of aromatic nitrogens is 2. The van der Waals surface area contributed by atoms with Gasteiger partial charge in [-0.25, -0.2) is 4.79 Å². The zero-order valence-electron chi connectivity index (χ0n) is 9.11. The van der Waals surface area contributed by atoms with Gasteiger partial charge < -0.3 is 0 Å². The van der Waals surface area contributed by atoms with Crippen LogP contribution < -0.4 is 11.2 Å². The Kier molecular flexibility index (Phi) is 3.81. The van der Waals surface area contributed by atoms with E-state index in [0.29, 0.717) is 18.7 Å². The van der Waals surface area contributed by atoms with Gasteiger partial charge in [-0.1, -0.05) is 0 Å². The monoisotopic (exact) mass is 213 g/mol. The molecule has 84 valence electrons. The summed E-state index contributed by atoms with van der Waals surface area (Å²) in [5.74, 6) is 0. The van der Waals surface area contributed by atoms with Gasteiger partial charge in [-0.3, -0.25) is 19.2 Å². The minimum atomic E-state index is -0.409. The number of nitrogens with zero attached hydrogens (tertiary/aromatic N) is 2. The normalized spacial score (nSPS) is 10.9. The topological polar surface area (TPSA) is 67.3 Å². The summed E-state index contributed by atoms with van der Waals surface area (Å²) < 4.78 is 1.42. The summed E-state index contributed by atoms with van der Waals surface area (Å²) in [6, 6.07) is 0. The van der Waals surface area contributed by atoms with Crippen LogP contribution in [0.15, 0.2) is 15.8 Å². The molecule has 0 fully saturated rings. The summed E-state index contributed by atoms with van der Waals surface area (Å²) in [5.41, 5.74) is -0.239. The first kappa shape index (κ1) is 11.7. The molecule has 0 radical (unpaired) electrons. The maximum Gasteiger partial charge on any atom is 0.328 e. The molecule has 1 rings (SSSR count). The first-order valence-electron chi connectivity index (χ1n) is 4.61. The molecule has 0 aliphatic carbocycles. The van der Waals surface area contributed by atoms with Crippen LogP contribution in [0.5, 0.6) is 0 Å². The van der Waals surface area contributed by atoms with Gasteiger partial charge in [0.05, 0.1) is 13.2 Å². The van der Waals surface area contributed by atoms with E-state index in [0.717, 1.165) is 0 Å². The Morgan fingerprint density at radius 1 is 1.47 bits per heavy atom. The molecule has 6 nitrogen and oxygen atoms in total. The molecule has 0 spiro atoms. The van der Waals surface area contributed by atoms with Crippen molar-refractivity contribution in [2.45, 2.75) is 13.5 Å². The molecule has 0 amide bonds. The minimum Gasteiger partial charge on any atom is -0.298 e. The van der Waals surface area contributed by atoms with Crippen LogP contribution in [-0.2, 0) is 11.4 Å². The highest BCUT2D eigenvalue weighted by Crippen LogP contribution is 1.86. The predicted octanol–water partition coefficient (Wildman–Crippen LogP) is -0.662. The van der Waals surface area contributed by atoms with Gasteiger partial charge in [0.25, 0.3) is 5.56 Å². The van der Waals surface area contributed by atoms with Crippen molar-refractivity contribution in [1.29, 1.82) is 0 Å². The zero-order valence-corrected chi connectivity index (χ0v) is 9.11. The molecule has 0 atom stereocenters. The standard InChI is InChI=1S/C9H15N3O3/c1-7-6-12(4-5-15-11(2)3)9(14)10-8(7)13/h6H,4-5H2,1-3H3,(H,10,13,14). The fraction of sp³-hybridized carbons (Fsp3) is 0.556. The highest BCUT2D eigenvalue weighted by molar-refractivity contribution is 5.00. The first-order chi connectivity index (χ1) is 7.00. The Bertz CT molecular complexity index is 433. The molecule has 1 aromatic rings. The Morgan fingerprint density at radius 2 is 2.13 bits per heavy atom. The van der Waals surface area contributed by atoms with Crippen molar-refractivity contribution in [2.24, 2.45) is 0 Å². The van der Waals surface area contributed by atoms with E-state index in [4.69, 9.17) is 4.84 Å². The Labute approximate surface area is 87.1 Å². The summed E-state index contributed by atoms with van der Waals surface area (Å²) in [4.78, 5) is 29.8. The van der Waals surface area contributed by atoms with E-state index in [2.05, 4.69) is 4.98 Å². The largest absolute Gasteiger partial charge is 0.328 e. The van der Waals surface area contributed by atoms with Crippen LogP contribution in [0.1, 0.15) is 5.56 Å². The lowest BCUT2D eigenvalue weighted by atomic mass is 10.4. The molecule has 1 N–H and O–H groups in total. The second kappa shape index (κ2) is 4.90. The fourth-order valence-electron chi connectivity index (χ4n) is 1.11. The van der Waals surface area contributed by atoms with Gasteiger partial charge in [0.1, 0.15) is 0 Å². The highest BCUT2D eigenvalue weighted by Gasteiger charge is 2.00. The number of hydroxylamine groups is 2. The number of H-pyrrole nitrogens is 1. The highest BCUT2D eigenvalue weighted by atomic mass is 16.7. The second-order valence-corrected chi connectivity index (χ2v) is 3.41. The van der Waals surface area contributed by atoms with Gasteiger partial charge in [0, 0.05) is 25.9 Å². The number of nitrogens with one attached hydrogen (secondary N) is 1. The molecule has 1 heterocycles. The number of hydrogen-bond donors (Lipinski definition) is 1. The SMILES string of the molecule is Cc1cn(CCON(C)C)c(=O)[nH]c1=O. The molecular formula is C9H15N3O3. The van der Waals surface area contributed by atoms with Crippen LogP contribution in [0, 0.1) is 6.92 Å². The first-order valence-corrected chi connectivity index (χ1v) is 4.61. The smallest absolute Gasteiger partial charge is 0.298 e. The second-order valence-electron chi connectivity index (χ2n) is 3.41. The van der Waals surface area contributed by atoms with Crippen LogP contribution in [-0.4, -0.2) is 35.3 Å². The molecule has 0 bridgehead atoms. The lowest BCUT2D eigenvalue weighted by Gasteiger charge is -2.11. The molecule has 0 saturated heterocycles. The van der Waals surface area contributed by atoms with Gasteiger partial charge in [0.2, 0.25) is 0 Å². The minimum absolute atomic E-state index is 0.343. The molecular weight excluding hydrogens is 198 g/mol. The average Bonchev–Trinajstić information content (AvgIpc) is 2.13. The van der Waals surface area contributed by atoms with Crippen molar-refractivity contribution in [1.82, 2.24) is 14.6 Å². The van der Waals surface area contributed by atoms with E-state index in [9.17, 15) is 9.59 Å². The molecule has 0 saturated carbocycles. The van der Waals surface area contributed by atoms with Gasteiger partial charge in [-0.2, -0.15) is 5.06 Å². The number of aromatic amines is 1. The van der Waals surface area contributed by atoms with Crippen LogP contribution in [0.2, 0.25) is 0 Å². The quantitative estimate of drug-likeness (QED) is 0.674. The lowest BCUT2D eigenvalue weighted by Crippen LogP contribution is -2.32. The van der Waals surface area contributed by atoms with E-state index in [1.165, 1.54) is 10.8 Å². The molecule has 0 aromatic carbocycles. The molecule has 0 aliphatic rings. The van der Waals surface area contributed by atoms with E-state index in [1.54, 1.807) is 26.1 Å². The average molecular weight is 213 g/mol. The maximum atomic E-state index is 11.3. The summed E-state index contributed by atoms with van der Waals surface area (Å²) in [6.45, 7) is 2.45. The number of hydrogen-bond acceptors (Lipinski definition) is 4. The molecule has 0 aliphatic heterocycles. The molecule has 15 heavy (non-hydrogen) atoms. The maximum absolute atomic E-state index is 11.3. The Balaban J connectivity index is 2.74. The van der Waals surface area contributed by atoms with Crippen molar-refractivity contribution in [3.05, 3.63) is 32.6 Å². The Hall–Kier alpha value is -1.40. The summed E-state index contributed by atoms with van der Waals surface area (Å²) >= 11 is 0. The lowest BCUT2D eigenvalue weighted by molar-refractivity contribution is -0.122. The van der Waals surface area contributed by atoms with Gasteiger partial charge in [-0.05, 0) is 6.92 Å². The van der Waals surface area contributed by atoms with Crippen molar-refractivity contribution in [3.8, 4) is 0 Å². The van der Waals surface area contributed by atoms with Crippen LogP contribution >= 0.6 is 0 Å². The number of rotatable bonds is 4.